The largest absolute Gasteiger partial charge is 0.289 e. The van der Waals surface area contributed by atoms with Crippen molar-refractivity contribution in [2.45, 2.75) is 167 Å². The van der Waals surface area contributed by atoms with Crippen molar-refractivity contribution < 1.29 is 9.59 Å². The van der Waals surface area contributed by atoms with Gasteiger partial charge in [-0.25, -0.2) is 10.1 Å². The minimum absolute atomic E-state index is 0.0794. The second-order valence-electron chi connectivity index (χ2n) is 28.6. The Morgan fingerprint density at radius 3 is 1.07 bits per heavy atom. The van der Waals surface area contributed by atoms with Gasteiger partial charge in [-0.2, -0.15) is 10.5 Å². The molecule has 0 bridgehead atoms. The van der Waals surface area contributed by atoms with Gasteiger partial charge in [0.05, 0.1) is 32.9 Å². The number of hydrogen-bond donors (Lipinski definition) is 0. The van der Waals surface area contributed by atoms with E-state index < -0.39 is 10.8 Å². The molecule has 0 unspecified atom stereocenters. The maximum atomic E-state index is 14.7. The number of carbonyl (C=O) groups excluding carboxylic acids is 2. The summed E-state index contributed by atoms with van der Waals surface area (Å²) in [6, 6.07) is 69.2. The van der Waals surface area contributed by atoms with E-state index in [1.165, 1.54) is 165 Å². The molecule has 0 aliphatic heterocycles. The molecule has 0 amide bonds. The molecule has 104 heavy (non-hydrogen) atoms. The Labute approximate surface area is 628 Å². The van der Waals surface area contributed by atoms with Gasteiger partial charge in [-0.05, 0) is 166 Å². The number of aryl methyl sites for hydroxylation is 4. The zero-order chi connectivity index (χ0) is 71.6. The van der Waals surface area contributed by atoms with Crippen LogP contribution in [0.15, 0.2) is 192 Å². The van der Waals surface area contributed by atoms with Gasteiger partial charge in [-0.15, -0.1) is 45.3 Å². The second kappa shape index (κ2) is 30.1. The highest BCUT2D eigenvalue weighted by Crippen LogP contribution is 2.68. The SMILES string of the molecule is [C-]#[N+]C(C#N)=C1/C(=C/c2cc3sc4c(c3s2)C(c2ccc(CCCCCC)cc2)(c2ccc(CCCCCC)cc2)c2cc3c(cc2-4)C(c2ccc(CCCCCC)cc2)(c2ccc(CCCCCC)cc2)c2c-3sc3cc(/C=C4\C(=O)c5ccccc5C4=C(C#N)C#N)sc23)C(=O)c2ccccc21. The van der Waals surface area contributed by atoms with Gasteiger partial charge < -0.3 is 0 Å². The van der Waals surface area contributed by atoms with Crippen molar-refractivity contribution in [3.8, 4) is 39.1 Å². The zero-order valence-corrected chi connectivity index (χ0v) is 63.0. The molecule has 0 atom stereocenters. The average Bonchev–Trinajstić information content (AvgIpc) is 1.49. The maximum Gasteiger partial charge on any atom is 0.270 e. The Kier molecular flexibility index (Phi) is 20.2. The molecule has 11 aromatic rings. The highest BCUT2D eigenvalue weighted by Gasteiger charge is 2.55. The summed E-state index contributed by atoms with van der Waals surface area (Å²) in [5.74, 6) is -0.380. The lowest BCUT2D eigenvalue weighted by Gasteiger charge is -2.36. The van der Waals surface area contributed by atoms with E-state index in [1.54, 1.807) is 34.8 Å². The van der Waals surface area contributed by atoms with E-state index in [0.29, 0.717) is 44.5 Å². The minimum atomic E-state index is -0.837. The molecule has 4 aromatic heterocycles. The van der Waals surface area contributed by atoms with Crippen molar-refractivity contribution in [1.82, 2.24) is 0 Å². The van der Waals surface area contributed by atoms with Crippen LogP contribution in [-0.2, 0) is 36.5 Å². The van der Waals surface area contributed by atoms with Crippen molar-refractivity contribution in [2.24, 2.45) is 0 Å². The number of benzene rings is 7. The molecule has 0 fully saturated rings. The lowest BCUT2D eigenvalue weighted by molar-refractivity contribution is 0.103. The van der Waals surface area contributed by atoms with Crippen LogP contribution in [0, 0.1) is 40.6 Å². The number of ketones is 2. The van der Waals surface area contributed by atoms with Gasteiger partial charge in [0.15, 0.2) is 11.6 Å². The van der Waals surface area contributed by atoms with E-state index in [2.05, 4.69) is 172 Å². The van der Waals surface area contributed by atoms with Crippen LogP contribution in [0.25, 0.3) is 67.8 Å². The number of thiophene rings is 4. The summed E-state index contributed by atoms with van der Waals surface area (Å²) in [5.41, 5.74) is 19.2. The van der Waals surface area contributed by atoms with Crippen molar-refractivity contribution in [3.05, 3.63) is 302 Å². The van der Waals surface area contributed by atoms with Crippen molar-refractivity contribution in [1.29, 1.82) is 15.8 Å². The Hall–Kier alpha value is -9.88. The van der Waals surface area contributed by atoms with E-state index in [1.807, 2.05) is 71.2 Å². The number of allylic oxidation sites excluding steroid dienone is 6. The van der Waals surface area contributed by atoms with E-state index in [9.17, 15) is 25.4 Å². The summed E-state index contributed by atoms with van der Waals surface area (Å²) in [6.07, 6.45) is 26.7. The predicted octanol–water partition coefficient (Wildman–Crippen LogP) is 26.0. The fourth-order valence-corrected chi connectivity index (χ4v) is 22.6. The first kappa shape index (κ1) is 69.8. The highest BCUT2D eigenvalue weighted by atomic mass is 32.1. The molecule has 4 aliphatic carbocycles. The fourth-order valence-electron chi connectivity index (χ4n) is 17.1. The van der Waals surface area contributed by atoms with Gasteiger partial charge in [0.1, 0.15) is 17.7 Å². The van der Waals surface area contributed by atoms with Gasteiger partial charge in [-0.3, -0.25) is 9.59 Å². The Morgan fingerprint density at radius 2 is 0.740 bits per heavy atom. The summed E-state index contributed by atoms with van der Waals surface area (Å²) in [6.45, 7) is 17.2. The van der Waals surface area contributed by atoms with Crippen LogP contribution in [0.1, 0.15) is 239 Å². The molecule has 10 heteroatoms. The monoisotopic (exact) mass is 1430 g/mol. The number of nitrogens with zero attached hydrogens (tertiary/aromatic N) is 4. The fraction of sp³-hybridized carbons (Fsp3) is 0.277. The molecule has 0 saturated heterocycles. The predicted molar refractivity (Wildman–Crippen MR) is 434 cm³/mol. The lowest BCUT2D eigenvalue weighted by Crippen LogP contribution is -2.30. The Balaban J connectivity index is 1.01. The maximum absolute atomic E-state index is 14.7. The first-order valence-corrected chi connectivity index (χ1v) is 40.8. The van der Waals surface area contributed by atoms with Gasteiger partial charge in [-0.1, -0.05) is 250 Å². The van der Waals surface area contributed by atoms with E-state index in [0.717, 1.165) is 79.9 Å². The first-order valence-electron chi connectivity index (χ1n) is 37.6. The molecule has 0 N–H and O–H groups in total. The number of fused-ring (bicyclic) bond motifs is 12. The third kappa shape index (κ3) is 12.0. The number of rotatable bonds is 26. The molecule has 4 heterocycles. The zero-order valence-electron chi connectivity index (χ0n) is 59.7. The molecule has 514 valence electrons. The van der Waals surface area contributed by atoms with E-state index in [4.69, 9.17) is 6.57 Å². The Bertz CT molecular complexity index is 5030. The molecule has 15 rings (SSSR count). The van der Waals surface area contributed by atoms with Crippen LogP contribution in [0.4, 0.5) is 0 Å². The smallest absolute Gasteiger partial charge is 0.270 e. The van der Waals surface area contributed by atoms with Gasteiger partial charge in [0, 0.05) is 73.5 Å². The molecule has 7 aromatic carbocycles. The second-order valence-corrected chi connectivity index (χ2v) is 32.8. The standard InChI is InChI=1S/C94H82N4O2S4/c1-6-10-14-18-26-59-34-42-64(43-35-59)93(65-44-36-60(37-45-65)27-19-15-11-7-2)78-55-75-79(54-74(78)89-85(93)91-81(103-89)52-68(101-91)50-76-83(63(56-95)57-96)70-30-22-24-32-72(70)87(76)99)94(66-46-38-61(39-47-66)28-20-16-12-8-3,67-48-40-62(41-49-67)29-21-17-13-9-4)86-90(75)104-82-53-69(102-92(82)86)51-77-84(80(58-97)98-5)71-31-23-25-33-73(71)88(77)100/h22-25,30-55H,6-21,26-29H2,1-4H3/b76-50-,77-51-,84-80?. The van der Waals surface area contributed by atoms with Crippen LogP contribution in [0.2, 0.25) is 0 Å². The normalized spacial score (nSPS) is 15.4. The van der Waals surface area contributed by atoms with Crippen molar-refractivity contribution in [2.75, 3.05) is 0 Å². The molecule has 4 aliphatic rings. The van der Waals surface area contributed by atoms with Gasteiger partial charge in [0.25, 0.3) is 5.70 Å². The van der Waals surface area contributed by atoms with Gasteiger partial charge >= 0.3 is 0 Å². The Morgan fingerprint density at radius 1 is 0.404 bits per heavy atom. The van der Waals surface area contributed by atoms with Crippen molar-refractivity contribution in [3.63, 3.8) is 0 Å². The van der Waals surface area contributed by atoms with E-state index >= 15 is 0 Å². The summed E-state index contributed by atoms with van der Waals surface area (Å²) in [5, 5.41) is 31.3. The molecule has 6 nitrogen and oxygen atoms in total. The van der Waals surface area contributed by atoms with Gasteiger partial charge in [0.2, 0.25) is 0 Å². The number of nitriles is 3. The summed E-state index contributed by atoms with van der Waals surface area (Å²) >= 11 is 7.03. The van der Waals surface area contributed by atoms with Crippen LogP contribution in [0.3, 0.4) is 0 Å². The molecule has 0 saturated carbocycles. The quantitative estimate of drug-likeness (QED) is 0.0232. The highest BCUT2D eigenvalue weighted by molar-refractivity contribution is 7.31. The molecule has 0 spiro atoms. The average molecular weight is 1430 g/mol. The van der Waals surface area contributed by atoms with E-state index in [-0.39, 0.29) is 22.8 Å². The number of unbranched alkanes of at least 4 members (excludes halogenated alkanes) is 12. The topological polar surface area (TPSA) is 110 Å². The first-order chi connectivity index (χ1) is 51.1. The van der Waals surface area contributed by atoms with Crippen LogP contribution < -0.4 is 0 Å². The summed E-state index contributed by atoms with van der Waals surface area (Å²) in [7, 11) is 0. The summed E-state index contributed by atoms with van der Waals surface area (Å²) < 4.78 is 4.50. The molecular weight excluding hydrogens is 1350 g/mol. The van der Waals surface area contributed by atoms with Crippen LogP contribution >= 0.6 is 45.3 Å². The van der Waals surface area contributed by atoms with Crippen molar-refractivity contribution >= 4 is 99.0 Å². The third-order valence-electron chi connectivity index (χ3n) is 22.2. The molecule has 0 radical (unpaired) electrons. The number of carbonyl (C=O) groups is 2. The summed E-state index contributed by atoms with van der Waals surface area (Å²) in [4.78, 5) is 37.2. The number of hydrogen-bond acceptors (Lipinski definition) is 9. The minimum Gasteiger partial charge on any atom is -0.289 e. The third-order valence-corrected chi connectivity index (χ3v) is 27.0. The van der Waals surface area contributed by atoms with Crippen LogP contribution in [-0.4, -0.2) is 11.6 Å². The van der Waals surface area contributed by atoms with Crippen LogP contribution in [0.5, 0.6) is 0 Å². The number of Topliss-reactive ketones (excluding diaryl/α,β-unsaturated/α-hetero) is 2. The lowest BCUT2D eigenvalue weighted by atomic mass is 9.65. The molecular formula is C94H82N4O2S4.